The molecule has 0 spiro atoms. The maximum atomic E-state index is 12.5. The van der Waals surface area contributed by atoms with Crippen LogP contribution in [0, 0.1) is 0 Å². The fourth-order valence-electron chi connectivity index (χ4n) is 3.65. The van der Waals surface area contributed by atoms with Gasteiger partial charge in [0, 0.05) is 39.0 Å². The predicted octanol–water partition coefficient (Wildman–Crippen LogP) is 2.86. The summed E-state index contributed by atoms with van der Waals surface area (Å²) in [7, 11) is 2.06. The van der Waals surface area contributed by atoms with Crippen LogP contribution < -0.4 is 10.2 Å². The number of hydrogen-bond acceptors (Lipinski definition) is 11. The summed E-state index contributed by atoms with van der Waals surface area (Å²) < 4.78 is 81.2. The van der Waals surface area contributed by atoms with E-state index in [-0.39, 0.29) is 19.8 Å². The molecule has 0 aliphatic carbocycles. The van der Waals surface area contributed by atoms with Crippen molar-refractivity contribution in [2.45, 2.75) is 32.4 Å². The zero-order valence-electron chi connectivity index (χ0n) is 22.6. The van der Waals surface area contributed by atoms with Crippen molar-refractivity contribution in [3.8, 4) is 0 Å². The summed E-state index contributed by atoms with van der Waals surface area (Å²) in [5.41, 5.74) is 1.67. The number of piperazine rings is 1. The van der Waals surface area contributed by atoms with E-state index in [0.29, 0.717) is 40.9 Å². The van der Waals surface area contributed by atoms with Crippen molar-refractivity contribution in [3.05, 3.63) is 24.3 Å². The summed E-state index contributed by atoms with van der Waals surface area (Å²) in [6, 6.07) is 1.69. The predicted molar refractivity (Wildman–Crippen MR) is 136 cm³/mol. The first-order valence-corrected chi connectivity index (χ1v) is 12.5. The van der Waals surface area contributed by atoms with Crippen molar-refractivity contribution in [1.29, 1.82) is 0 Å². The van der Waals surface area contributed by atoms with E-state index in [1.807, 2.05) is 6.92 Å². The van der Waals surface area contributed by atoms with Crippen molar-refractivity contribution in [3.63, 3.8) is 0 Å². The minimum absolute atomic E-state index is 0.0778. The number of alkyl halides is 6. The molecule has 0 unspecified atom stereocenters. The van der Waals surface area contributed by atoms with Gasteiger partial charge in [-0.3, -0.25) is 4.68 Å². The molecule has 1 aliphatic rings. The van der Waals surface area contributed by atoms with Crippen molar-refractivity contribution in [1.82, 2.24) is 34.6 Å². The third-order valence-corrected chi connectivity index (χ3v) is 5.66. The molecule has 1 aliphatic heterocycles. The summed E-state index contributed by atoms with van der Waals surface area (Å²) in [6.45, 7) is 4.39. The highest BCUT2D eigenvalue weighted by molar-refractivity contribution is 5.90. The minimum atomic E-state index is -5.08. The van der Waals surface area contributed by atoms with Gasteiger partial charge < -0.3 is 29.7 Å². The first-order chi connectivity index (χ1) is 19.8. The molecular formula is C23H29F6N9O4. The highest BCUT2D eigenvalue weighted by Gasteiger charge is 2.38. The number of carboxylic acid groups (broad SMARTS) is 1. The number of fused-ring (bicyclic) bond motifs is 1. The van der Waals surface area contributed by atoms with Crippen LogP contribution in [0.25, 0.3) is 11.0 Å². The standard InChI is InChI=1S/C21H28F3N9O2.C2HF3O2/c1-3-34-12-15-17-18(33(30-15)10-11-35-13-21(22,23)24)19(27-16-4-5-25-14-26-16)29-20(28-17)32-8-6-31(2)7-9-32;3-2(4,5)1(6)7/h4-5,14H,3,6-13H2,1-2H3,(H,25,26,27,28,29);(H,6,7). The third kappa shape index (κ3) is 9.62. The quantitative estimate of drug-likeness (QED) is 0.258. The Kier molecular flexibility index (Phi) is 11.2. The largest absolute Gasteiger partial charge is 0.490 e. The fraction of sp³-hybridized carbons (Fsp3) is 0.565. The fourth-order valence-corrected chi connectivity index (χ4v) is 3.65. The van der Waals surface area contributed by atoms with E-state index in [2.05, 4.69) is 37.2 Å². The lowest BCUT2D eigenvalue weighted by Crippen LogP contribution is -2.45. The van der Waals surface area contributed by atoms with Crippen LogP contribution in [0.4, 0.5) is 43.9 Å². The molecule has 0 radical (unpaired) electrons. The lowest BCUT2D eigenvalue weighted by molar-refractivity contribution is -0.192. The first kappa shape index (κ1) is 32.7. The highest BCUT2D eigenvalue weighted by atomic mass is 19.4. The molecule has 1 saturated heterocycles. The molecule has 3 aromatic rings. The number of carboxylic acids is 1. The van der Waals surface area contributed by atoms with E-state index in [1.54, 1.807) is 16.9 Å². The van der Waals surface area contributed by atoms with Crippen LogP contribution in [0.15, 0.2) is 18.6 Å². The molecule has 42 heavy (non-hydrogen) atoms. The van der Waals surface area contributed by atoms with Gasteiger partial charge in [0.15, 0.2) is 5.82 Å². The van der Waals surface area contributed by atoms with Crippen molar-refractivity contribution >= 4 is 34.6 Å². The molecule has 0 saturated carbocycles. The number of rotatable bonds is 10. The summed E-state index contributed by atoms with van der Waals surface area (Å²) in [5, 5.41) is 14.9. The Morgan fingerprint density at radius 2 is 1.79 bits per heavy atom. The maximum absolute atomic E-state index is 12.5. The second-order valence-corrected chi connectivity index (χ2v) is 8.86. The Morgan fingerprint density at radius 1 is 1.10 bits per heavy atom. The number of ether oxygens (including phenoxy) is 2. The highest BCUT2D eigenvalue weighted by Crippen LogP contribution is 2.29. The summed E-state index contributed by atoms with van der Waals surface area (Å²) in [6.07, 6.45) is -6.48. The first-order valence-electron chi connectivity index (χ1n) is 12.5. The zero-order chi connectivity index (χ0) is 30.9. The molecule has 232 valence electrons. The van der Waals surface area contributed by atoms with Crippen LogP contribution in [0.3, 0.4) is 0 Å². The molecule has 2 N–H and O–H groups in total. The molecule has 13 nitrogen and oxygen atoms in total. The van der Waals surface area contributed by atoms with E-state index in [4.69, 9.17) is 29.3 Å². The molecule has 0 amide bonds. The Labute approximate surface area is 235 Å². The van der Waals surface area contributed by atoms with Gasteiger partial charge in [-0.1, -0.05) is 0 Å². The molecule has 0 bridgehead atoms. The van der Waals surface area contributed by atoms with Crippen LogP contribution in [-0.4, -0.2) is 111 Å². The number of hydrogen-bond donors (Lipinski definition) is 2. The van der Waals surface area contributed by atoms with Gasteiger partial charge in [0.05, 0.1) is 19.8 Å². The molecule has 3 aromatic heterocycles. The number of carbonyl (C=O) groups is 1. The average Bonchev–Trinajstić information content (AvgIpc) is 3.28. The van der Waals surface area contributed by atoms with Gasteiger partial charge in [0.25, 0.3) is 0 Å². The van der Waals surface area contributed by atoms with Crippen molar-refractivity contribution in [2.24, 2.45) is 0 Å². The van der Waals surface area contributed by atoms with Crippen LogP contribution in [0.2, 0.25) is 0 Å². The molecule has 0 atom stereocenters. The Hall–Kier alpha value is -3.84. The number of nitrogens with zero attached hydrogens (tertiary/aromatic N) is 8. The van der Waals surface area contributed by atoms with Gasteiger partial charge in [-0.05, 0) is 20.0 Å². The third-order valence-electron chi connectivity index (χ3n) is 5.66. The van der Waals surface area contributed by atoms with Gasteiger partial charge in [-0.25, -0.2) is 19.7 Å². The molecule has 4 heterocycles. The summed E-state index contributed by atoms with van der Waals surface area (Å²) in [5.74, 6) is -1.27. The molecule has 4 rings (SSSR count). The number of nitrogens with one attached hydrogen (secondary N) is 1. The Bertz CT molecular complexity index is 1300. The van der Waals surface area contributed by atoms with Gasteiger partial charge in [0.1, 0.15) is 35.5 Å². The van der Waals surface area contributed by atoms with E-state index in [9.17, 15) is 26.3 Å². The number of likely N-dealkylation sites (N-methyl/N-ethyl adjacent to an activating group) is 1. The van der Waals surface area contributed by atoms with Crippen LogP contribution >= 0.6 is 0 Å². The Balaban J connectivity index is 0.000000616. The van der Waals surface area contributed by atoms with Crippen molar-refractivity contribution < 1.29 is 45.7 Å². The Morgan fingerprint density at radius 3 is 2.36 bits per heavy atom. The smallest absolute Gasteiger partial charge is 0.475 e. The van der Waals surface area contributed by atoms with Crippen LogP contribution in [0.5, 0.6) is 0 Å². The number of aliphatic carboxylic acids is 1. The summed E-state index contributed by atoms with van der Waals surface area (Å²) in [4.78, 5) is 30.9. The summed E-state index contributed by atoms with van der Waals surface area (Å²) >= 11 is 0. The normalized spacial score (nSPS) is 14.5. The monoisotopic (exact) mass is 609 g/mol. The van der Waals surface area contributed by atoms with Crippen LogP contribution in [0.1, 0.15) is 12.6 Å². The lowest BCUT2D eigenvalue weighted by Gasteiger charge is -2.32. The van der Waals surface area contributed by atoms with E-state index in [0.717, 1.165) is 26.2 Å². The number of aromatic nitrogens is 6. The van der Waals surface area contributed by atoms with Crippen LogP contribution in [-0.2, 0) is 27.4 Å². The second kappa shape index (κ2) is 14.4. The zero-order valence-corrected chi connectivity index (χ0v) is 22.6. The lowest BCUT2D eigenvalue weighted by atomic mass is 10.3. The van der Waals surface area contributed by atoms with Gasteiger partial charge in [-0.2, -0.15) is 36.4 Å². The van der Waals surface area contributed by atoms with E-state index in [1.165, 1.54) is 6.33 Å². The van der Waals surface area contributed by atoms with E-state index < -0.39 is 24.9 Å². The SMILES string of the molecule is CCOCc1nn(CCOCC(F)(F)F)c2c(Nc3ccncn3)nc(N3CCN(C)CC3)nc12.O=C(O)C(F)(F)F. The average molecular weight is 610 g/mol. The van der Waals surface area contributed by atoms with Crippen molar-refractivity contribution in [2.75, 3.05) is 63.3 Å². The molecular weight excluding hydrogens is 580 g/mol. The molecule has 1 fully saturated rings. The molecule has 0 aromatic carbocycles. The number of anilines is 3. The topological polar surface area (TPSA) is 144 Å². The van der Waals surface area contributed by atoms with Gasteiger partial charge in [0.2, 0.25) is 5.95 Å². The minimum Gasteiger partial charge on any atom is -0.475 e. The maximum Gasteiger partial charge on any atom is 0.490 e. The van der Waals surface area contributed by atoms with Gasteiger partial charge in [-0.15, -0.1) is 0 Å². The molecule has 19 heteroatoms. The number of halogens is 6. The van der Waals surface area contributed by atoms with E-state index >= 15 is 0 Å². The van der Waals surface area contributed by atoms with Gasteiger partial charge >= 0.3 is 18.3 Å². The second-order valence-electron chi connectivity index (χ2n) is 8.86.